The quantitative estimate of drug-likeness (QED) is 0.552. The van der Waals surface area contributed by atoms with Gasteiger partial charge >= 0.3 is 5.69 Å². The van der Waals surface area contributed by atoms with Crippen LogP contribution in [0.5, 0.6) is 0 Å². The van der Waals surface area contributed by atoms with Crippen molar-refractivity contribution in [3.63, 3.8) is 0 Å². The zero-order valence-electron chi connectivity index (χ0n) is 18.1. The van der Waals surface area contributed by atoms with E-state index in [0.29, 0.717) is 5.56 Å². The number of nitrogens with zero attached hydrogens (tertiary/aromatic N) is 3. The van der Waals surface area contributed by atoms with Gasteiger partial charge in [-0.05, 0) is 34.6 Å². The first kappa shape index (κ1) is 24.5. The number of hydrogen-bond donors (Lipinski definition) is 2. The number of aliphatic hydroxyl groups is 1. The maximum absolute atomic E-state index is 13.9. The van der Waals surface area contributed by atoms with Gasteiger partial charge in [-0.3, -0.25) is 18.9 Å². The lowest BCUT2D eigenvalue weighted by Gasteiger charge is -2.38. The van der Waals surface area contributed by atoms with Gasteiger partial charge in [0, 0.05) is 36.7 Å². The van der Waals surface area contributed by atoms with E-state index in [9.17, 15) is 19.3 Å². The van der Waals surface area contributed by atoms with Crippen LogP contribution < -0.4 is 11.2 Å². The summed E-state index contributed by atoms with van der Waals surface area (Å²) in [6.07, 6.45) is -0.659. The van der Waals surface area contributed by atoms with Crippen LogP contribution in [0.2, 0.25) is 0 Å². The number of aliphatic hydroxyl groups excluding tert-OH is 1. The van der Waals surface area contributed by atoms with Crippen LogP contribution in [0.3, 0.4) is 0 Å². The van der Waals surface area contributed by atoms with E-state index in [0.717, 1.165) is 0 Å². The lowest BCUT2D eigenvalue weighted by Crippen LogP contribution is -2.38. The smallest absolute Gasteiger partial charge is 0.330 e. The molecule has 0 spiro atoms. The molecule has 0 saturated carbocycles. The highest BCUT2D eigenvalue weighted by Crippen LogP contribution is 2.56. The molecule has 30 heavy (non-hydrogen) atoms. The Kier molecular flexibility index (Phi) is 8.20. The molecule has 2 N–H and O–H groups in total. The van der Waals surface area contributed by atoms with Gasteiger partial charge in [0.05, 0.1) is 24.9 Å². The summed E-state index contributed by atoms with van der Waals surface area (Å²) >= 11 is 0. The van der Waals surface area contributed by atoms with E-state index in [4.69, 9.17) is 14.5 Å². The summed E-state index contributed by atoms with van der Waals surface area (Å²) in [4.78, 5) is 26.1. The molecular weight excluding hydrogens is 411 g/mol. The predicted molar refractivity (Wildman–Crippen MR) is 111 cm³/mol. The Labute approximate surface area is 175 Å². The predicted octanol–water partition coefficient (Wildman–Crippen LogP) is 1.74. The molecule has 0 bridgehead atoms. The number of aromatic nitrogens is 2. The van der Waals surface area contributed by atoms with Crippen LogP contribution in [0.25, 0.3) is 0 Å². The van der Waals surface area contributed by atoms with Gasteiger partial charge in [0.1, 0.15) is 12.3 Å². The van der Waals surface area contributed by atoms with E-state index >= 15 is 0 Å². The molecule has 1 aliphatic heterocycles. The first-order valence-electron chi connectivity index (χ1n) is 10.1. The molecule has 168 valence electrons. The van der Waals surface area contributed by atoms with Crippen LogP contribution in [0.1, 0.15) is 52.3 Å². The molecule has 0 aromatic carbocycles. The summed E-state index contributed by atoms with van der Waals surface area (Å²) in [5, 5.41) is 18.8. The average Bonchev–Trinajstić information content (AvgIpc) is 3.04. The van der Waals surface area contributed by atoms with Crippen molar-refractivity contribution in [3.8, 4) is 6.07 Å². The molecule has 1 unspecified atom stereocenters. The van der Waals surface area contributed by atoms with Crippen LogP contribution in [-0.4, -0.2) is 56.4 Å². The van der Waals surface area contributed by atoms with E-state index in [-0.39, 0.29) is 37.7 Å². The summed E-state index contributed by atoms with van der Waals surface area (Å²) in [5.74, 6) is 0. The lowest BCUT2D eigenvalue weighted by molar-refractivity contribution is -0.0432. The zero-order chi connectivity index (χ0) is 22.6. The summed E-state index contributed by atoms with van der Waals surface area (Å²) < 4.78 is 28.8. The van der Waals surface area contributed by atoms with Crippen molar-refractivity contribution in [2.45, 2.75) is 78.0 Å². The van der Waals surface area contributed by atoms with Gasteiger partial charge in [0.15, 0.2) is 0 Å². The van der Waals surface area contributed by atoms with Crippen LogP contribution >= 0.6 is 7.52 Å². The average molecular weight is 442 g/mol. The fourth-order valence-corrected chi connectivity index (χ4v) is 6.75. The number of H-pyrrole nitrogens is 1. The fraction of sp³-hybridized carbons (Fsp3) is 0.737. The van der Waals surface area contributed by atoms with Crippen LogP contribution in [0, 0.1) is 18.3 Å². The van der Waals surface area contributed by atoms with E-state index in [1.807, 2.05) is 33.8 Å². The highest BCUT2D eigenvalue weighted by Gasteiger charge is 2.44. The summed E-state index contributed by atoms with van der Waals surface area (Å²) in [5.41, 5.74) is -0.772. The molecule has 1 aromatic rings. The lowest BCUT2D eigenvalue weighted by atomic mass is 10.2. The topological polar surface area (TPSA) is 138 Å². The Hall–Kier alpha value is -1.76. The van der Waals surface area contributed by atoms with Gasteiger partial charge in [-0.2, -0.15) is 5.26 Å². The second-order valence-electron chi connectivity index (χ2n) is 8.01. The zero-order valence-corrected chi connectivity index (χ0v) is 19.0. The third kappa shape index (κ3) is 5.29. The Morgan fingerprint density at radius 3 is 2.57 bits per heavy atom. The molecule has 0 radical (unpaired) electrons. The maximum Gasteiger partial charge on any atom is 0.330 e. The van der Waals surface area contributed by atoms with Gasteiger partial charge in [-0.25, -0.2) is 9.46 Å². The van der Waals surface area contributed by atoms with E-state index in [1.54, 1.807) is 11.6 Å². The van der Waals surface area contributed by atoms with E-state index in [2.05, 4.69) is 4.98 Å². The molecule has 1 saturated heterocycles. The monoisotopic (exact) mass is 442 g/mol. The van der Waals surface area contributed by atoms with Gasteiger partial charge < -0.3 is 14.4 Å². The Morgan fingerprint density at radius 1 is 1.40 bits per heavy atom. The van der Waals surface area contributed by atoms with E-state index in [1.165, 1.54) is 10.8 Å². The normalized spacial score (nSPS) is 23.8. The van der Waals surface area contributed by atoms with Crippen molar-refractivity contribution in [2.75, 3.05) is 12.8 Å². The number of nitriles is 1. The molecule has 0 amide bonds. The molecule has 4 atom stereocenters. The number of ether oxygens (including phenoxy) is 1. The number of aryl methyl sites for hydroxylation is 1. The number of hydrogen-bond acceptors (Lipinski definition) is 7. The summed E-state index contributed by atoms with van der Waals surface area (Å²) in [7, 11) is -3.43. The molecule has 1 fully saturated rings. The fourth-order valence-electron chi connectivity index (χ4n) is 3.87. The van der Waals surface area contributed by atoms with Gasteiger partial charge in [0.25, 0.3) is 13.1 Å². The van der Waals surface area contributed by atoms with Crippen LogP contribution in [0.15, 0.2) is 15.8 Å². The highest BCUT2D eigenvalue weighted by atomic mass is 31.2. The van der Waals surface area contributed by atoms with Crippen molar-refractivity contribution < 1.29 is 18.9 Å². The largest absolute Gasteiger partial charge is 0.394 e. The van der Waals surface area contributed by atoms with Crippen molar-refractivity contribution in [2.24, 2.45) is 0 Å². The number of rotatable bonds is 9. The second kappa shape index (κ2) is 10.0. The molecule has 1 aromatic heterocycles. The van der Waals surface area contributed by atoms with Crippen molar-refractivity contribution in [1.29, 1.82) is 5.26 Å². The second-order valence-corrected chi connectivity index (χ2v) is 10.4. The summed E-state index contributed by atoms with van der Waals surface area (Å²) in [6.45, 7) is 8.80. The first-order chi connectivity index (χ1) is 14.0. The van der Waals surface area contributed by atoms with Crippen molar-refractivity contribution >= 4 is 7.52 Å². The Bertz CT molecular complexity index is 926. The third-order valence-corrected chi connectivity index (χ3v) is 8.05. The van der Waals surface area contributed by atoms with E-state index < -0.39 is 37.2 Å². The SMILES string of the molecule is Cc1cn([C@H]2C[C@H](OP(=O)(CCC#N)N(C(C)C)C(C)C)[C@@H](CO)O2)c(=O)[nH]c1=O. The number of nitrogens with one attached hydrogen (secondary N) is 1. The van der Waals surface area contributed by atoms with Crippen LogP contribution in [0.4, 0.5) is 0 Å². The molecular formula is C19H31N4O6P. The Morgan fingerprint density at radius 2 is 2.03 bits per heavy atom. The first-order valence-corrected chi connectivity index (χ1v) is 11.8. The minimum absolute atomic E-state index is 0.0525. The molecule has 10 nitrogen and oxygen atoms in total. The van der Waals surface area contributed by atoms with Crippen LogP contribution in [-0.2, 0) is 13.8 Å². The standard InChI is InChI=1S/C19H31N4O6P/c1-12(2)23(13(3)4)30(27,8-6-7-20)29-15-9-17(28-16(15)11-24)22-10-14(5)18(25)21-19(22)26/h10,12-13,15-17,24H,6,8-9,11H2,1-5H3,(H,21,25,26)/t15-,16+,17+,30?/m0/s1. The minimum Gasteiger partial charge on any atom is -0.394 e. The number of aromatic amines is 1. The molecule has 11 heteroatoms. The minimum atomic E-state index is -3.43. The van der Waals surface area contributed by atoms with Crippen molar-refractivity contribution in [1.82, 2.24) is 14.2 Å². The molecule has 2 heterocycles. The maximum atomic E-state index is 13.9. The highest BCUT2D eigenvalue weighted by molar-refractivity contribution is 7.56. The van der Waals surface area contributed by atoms with Gasteiger partial charge in [0.2, 0.25) is 0 Å². The molecule has 0 aliphatic carbocycles. The van der Waals surface area contributed by atoms with Crippen molar-refractivity contribution in [3.05, 3.63) is 32.6 Å². The molecule has 1 aliphatic rings. The molecule has 2 rings (SSSR count). The van der Waals surface area contributed by atoms with Gasteiger partial charge in [-0.1, -0.05) is 0 Å². The summed E-state index contributed by atoms with van der Waals surface area (Å²) in [6, 6.07) is 1.84. The Balaban J connectivity index is 2.35. The third-order valence-electron chi connectivity index (χ3n) is 5.03. The van der Waals surface area contributed by atoms with Gasteiger partial charge in [-0.15, -0.1) is 0 Å².